The fourth-order valence-electron chi connectivity index (χ4n) is 2.51. The molecular weight excluding hydrogens is 300 g/mol. The maximum absolute atomic E-state index is 12.3. The van der Waals surface area contributed by atoms with E-state index < -0.39 is 0 Å². The number of carbonyl (C=O) groups excluding carboxylic acids is 1. The van der Waals surface area contributed by atoms with Gasteiger partial charge in [0.15, 0.2) is 0 Å². The van der Waals surface area contributed by atoms with Crippen molar-refractivity contribution in [1.29, 1.82) is 0 Å². The zero-order valence-corrected chi connectivity index (χ0v) is 13.3. The Bertz CT molecular complexity index is 632. The van der Waals surface area contributed by atoms with Crippen molar-refractivity contribution in [3.8, 4) is 0 Å². The quantitative estimate of drug-likeness (QED) is 0.858. The number of aryl methyl sites for hydroxylation is 2. The summed E-state index contributed by atoms with van der Waals surface area (Å²) in [6.07, 6.45) is 3.31. The van der Waals surface area contributed by atoms with E-state index in [1.165, 1.54) is 11.3 Å². The van der Waals surface area contributed by atoms with Crippen LogP contribution in [0.4, 0.5) is 0 Å². The molecule has 3 heterocycles. The largest absolute Gasteiger partial charge is 0.375 e. The molecule has 22 heavy (non-hydrogen) atoms. The molecule has 1 amide bonds. The number of hydrogen-bond acceptors (Lipinski definition) is 6. The Hall–Kier alpha value is -1.86. The summed E-state index contributed by atoms with van der Waals surface area (Å²) in [6.45, 7) is 3.76. The van der Waals surface area contributed by atoms with Crippen molar-refractivity contribution in [3.63, 3.8) is 0 Å². The maximum atomic E-state index is 12.3. The van der Waals surface area contributed by atoms with Gasteiger partial charge in [0.25, 0.3) is 5.91 Å². The first kappa shape index (κ1) is 15.1. The molecule has 1 aliphatic heterocycles. The van der Waals surface area contributed by atoms with Crippen LogP contribution in [0.15, 0.2) is 23.3 Å². The molecular formula is C15H18N4O2S. The van der Waals surface area contributed by atoms with Gasteiger partial charge in [0.05, 0.1) is 18.2 Å². The van der Waals surface area contributed by atoms with Gasteiger partial charge in [-0.2, -0.15) is 0 Å². The van der Waals surface area contributed by atoms with Crippen LogP contribution in [0.2, 0.25) is 0 Å². The topological polar surface area (TPSA) is 68.2 Å². The zero-order chi connectivity index (χ0) is 15.4. The molecule has 3 rings (SSSR count). The van der Waals surface area contributed by atoms with E-state index in [0.717, 1.165) is 24.2 Å². The van der Waals surface area contributed by atoms with Gasteiger partial charge in [-0.25, -0.2) is 15.0 Å². The smallest absolute Gasteiger partial charge is 0.273 e. The molecule has 2 aromatic heterocycles. The van der Waals surface area contributed by atoms with E-state index in [4.69, 9.17) is 4.74 Å². The molecule has 0 aromatic carbocycles. The van der Waals surface area contributed by atoms with E-state index in [1.54, 1.807) is 17.2 Å². The van der Waals surface area contributed by atoms with Gasteiger partial charge < -0.3 is 9.64 Å². The van der Waals surface area contributed by atoms with Crippen LogP contribution in [-0.4, -0.2) is 51.6 Å². The molecule has 0 radical (unpaired) electrons. The summed E-state index contributed by atoms with van der Waals surface area (Å²) in [7, 11) is 0. The van der Waals surface area contributed by atoms with E-state index in [-0.39, 0.29) is 12.0 Å². The predicted molar refractivity (Wildman–Crippen MR) is 82.8 cm³/mol. The van der Waals surface area contributed by atoms with E-state index in [9.17, 15) is 4.79 Å². The van der Waals surface area contributed by atoms with Crippen LogP contribution in [0.1, 0.15) is 28.3 Å². The normalized spacial score (nSPS) is 18.4. The summed E-state index contributed by atoms with van der Waals surface area (Å²) in [5.74, 6) is -0.00701. The van der Waals surface area contributed by atoms with Gasteiger partial charge in [0.2, 0.25) is 0 Å². The third-order valence-corrected chi connectivity index (χ3v) is 4.25. The van der Waals surface area contributed by atoms with Crippen molar-refractivity contribution < 1.29 is 9.53 Å². The Labute approximate surface area is 133 Å². The summed E-state index contributed by atoms with van der Waals surface area (Å²) in [4.78, 5) is 26.6. The van der Waals surface area contributed by atoms with Gasteiger partial charge in [0.1, 0.15) is 12.0 Å². The molecule has 1 aliphatic rings. The Morgan fingerprint density at radius 2 is 2.36 bits per heavy atom. The molecule has 0 saturated carbocycles. The lowest BCUT2D eigenvalue weighted by molar-refractivity contribution is -0.0248. The van der Waals surface area contributed by atoms with Crippen molar-refractivity contribution in [2.75, 3.05) is 19.7 Å². The highest BCUT2D eigenvalue weighted by Gasteiger charge is 2.25. The highest BCUT2D eigenvalue weighted by atomic mass is 32.1. The molecule has 6 nitrogen and oxygen atoms in total. The average Bonchev–Trinajstić information content (AvgIpc) is 3.07. The predicted octanol–water partition coefficient (Wildman–Crippen LogP) is 1.72. The molecule has 0 N–H and O–H groups in total. The summed E-state index contributed by atoms with van der Waals surface area (Å²) < 4.78 is 5.77. The van der Waals surface area contributed by atoms with Crippen LogP contribution < -0.4 is 0 Å². The van der Waals surface area contributed by atoms with Crippen molar-refractivity contribution in [2.45, 2.75) is 25.9 Å². The van der Waals surface area contributed by atoms with Crippen LogP contribution >= 0.6 is 11.3 Å². The van der Waals surface area contributed by atoms with Crippen LogP contribution in [0.25, 0.3) is 0 Å². The Morgan fingerprint density at radius 3 is 3.14 bits per heavy atom. The lowest BCUT2D eigenvalue weighted by atomic mass is 10.1. The second-order valence-corrected chi connectivity index (χ2v) is 6.03. The molecule has 1 fully saturated rings. The molecule has 0 aliphatic carbocycles. The van der Waals surface area contributed by atoms with Gasteiger partial charge in [-0.05, 0) is 25.8 Å². The molecule has 116 valence electrons. The molecule has 1 atom stereocenters. The molecule has 0 spiro atoms. The number of thiazole rings is 1. The van der Waals surface area contributed by atoms with E-state index in [2.05, 4.69) is 15.0 Å². The van der Waals surface area contributed by atoms with Crippen molar-refractivity contribution in [3.05, 3.63) is 40.4 Å². The first-order valence-corrected chi connectivity index (χ1v) is 8.23. The third-order valence-electron chi connectivity index (χ3n) is 3.66. The number of morpholine rings is 1. The van der Waals surface area contributed by atoms with E-state index >= 15 is 0 Å². The van der Waals surface area contributed by atoms with Crippen LogP contribution in [0.5, 0.6) is 0 Å². The Morgan fingerprint density at radius 1 is 1.45 bits per heavy atom. The molecule has 1 saturated heterocycles. The standard InChI is InChI=1S/C15H18N4O2S/c1-11-6-12(17-9-16-11)2-3-13-7-19(4-5-21-13)15(20)14-8-22-10-18-14/h6,8-10,13H,2-5,7H2,1H3/t13-/m1/s1. The highest BCUT2D eigenvalue weighted by Crippen LogP contribution is 2.14. The minimum absolute atomic E-state index is 0.00701. The lowest BCUT2D eigenvalue weighted by Gasteiger charge is -2.32. The van der Waals surface area contributed by atoms with Crippen molar-refractivity contribution in [2.24, 2.45) is 0 Å². The highest BCUT2D eigenvalue weighted by molar-refractivity contribution is 7.07. The molecule has 7 heteroatoms. The van der Waals surface area contributed by atoms with Gasteiger partial charge in [-0.15, -0.1) is 11.3 Å². The van der Waals surface area contributed by atoms with Gasteiger partial charge in [-0.1, -0.05) is 0 Å². The van der Waals surface area contributed by atoms with Crippen molar-refractivity contribution in [1.82, 2.24) is 19.9 Å². The first-order chi connectivity index (χ1) is 10.7. The number of aromatic nitrogens is 3. The summed E-state index contributed by atoms with van der Waals surface area (Å²) >= 11 is 1.44. The summed E-state index contributed by atoms with van der Waals surface area (Å²) in [5, 5.41) is 1.79. The maximum Gasteiger partial charge on any atom is 0.273 e. The van der Waals surface area contributed by atoms with E-state index in [1.807, 2.05) is 17.9 Å². The average molecular weight is 318 g/mol. The second kappa shape index (κ2) is 6.93. The van der Waals surface area contributed by atoms with Crippen LogP contribution in [0.3, 0.4) is 0 Å². The van der Waals surface area contributed by atoms with Gasteiger partial charge in [-0.3, -0.25) is 4.79 Å². The fourth-order valence-corrected chi connectivity index (χ4v) is 3.04. The number of hydrogen-bond donors (Lipinski definition) is 0. The van der Waals surface area contributed by atoms with E-state index in [0.29, 0.717) is 25.4 Å². The molecule has 0 bridgehead atoms. The van der Waals surface area contributed by atoms with Gasteiger partial charge >= 0.3 is 0 Å². The minimum atomic E-state index is -0.00701. The number of carbonyl (C=O) groups is 1. The summed E-state index contributed by atoms with van der Waals surface area (Å²) in [6, 6.07) is 1.99. The third kappa shape index (κ3) is 3.66. The molecule has 2 aromatic rings. The minimum Gasteiger partial charge on any atom is -0.375 e. The van der Waals surface area contributed by atoms with Gasteiger partial charge in [0, 0.05) is 29.9 Å². The second-order valence-electron chi connectivity index (χ2n) is 5.31. The molecule has 0 unspecified atom stereocenters. The Balaban J connectivity index is 1.55. The fraction of sp³-hybridized carbons (Fsp3) is 0.467. The Kier molecular flexibility index (Phi) is 4.74. The number of rotatable bonds is 4. The first-order valence-electron chi connectivity index (χ1n) is 7.29. The SMILES string of the molecule is Cc1cc(CC[C@@H]2CN(C(=O)c3cscn3)CCO2)ncn1. The van der Waals surface area contributed by atoms with Crippen molar-refractivity contribution >= 4 is 17.2 Å². The number of amides is 1. The van der Waals surface area contributed by atoms with Crippen LogP contribution in [0, 0.1) is 6.92 Å². The lowest BCUT2D eigenvalue weighted by Crippen LogP contribution is -2.45. The number of nitrogens with zero attached hydrogens (tertiary/aromatic N) is 4. The van der Waals surface area contributed by atoms with Crippen LogP contribution in [-0.2, 0) is 11.2 Å². The number of ether oxygens (including phenoxy) is 1. The summed E-state index contributed by atoms with van der Waals surface area (Å²) in [5.41, 5.74) is 4.19. The zero-order valence-electron chi connectivity index (χ0n) is 12.4. The monoisotopic (exact) mass is 318 g/mol.